The fourth-order valence-corrected chi connectivity index (χ4v) is 4.53. The molecule has 3 nitrogen and oxygen atoms in total. The Hall–Kier alpha value is 0.580. The Balaban J connectivity index is 1.63. The summed E-state index contributed by atoms with van der Waals surface area (Å²) in [7, 11) is 0. The van der Waals surface area contributed by atoms with Crippen molar-refractivity contribution in [1.82, 2.24) is 0 Å². The summed E-state index contributed by atoms with van der Waals surface area (Å²) in [6.07, 6.45) is 6.76. The van der Waals surface area contributed by atoms with Gasteiger partial charge in [0.25, 0.3) is 5.97 Å². The largest absolute Gasteiger partial charge is 0.326 e. The Morgan fingerprint density at radius 3 is 1.86 bits per heavy atom. The van der Waals surface area contributed by atoms with E-state index in [1.54, 1.807) is 0 Å². The molecule has 4 fully saturated rings. The van der Waals surface area contributed by atoms with E-state index in [4.69, 9.17) is 14.2 Å². The maximum atomic E-state index is 6.17. The molecular formula is C17H26Br2O3. The average Bonchev–Trinajstić information content (AvgIpc) is 2.48. The lowest BCUT2D eigenvalue weighted by atomic mass is 9.66. The Morgan fingerprint density at radius 1 is 0.955 bits per heavy atom. The summed E-state index contributed by atoms with van der Waals surface area (Å²) in [6, 6.07) is 0. The van der Waals surface area contributed by atoms with Gasteiger partial charge in [0.05, 0.1) is 23.2 Å². The predicted octanol–water partition coefficient (Wildman–Crippen LogP) is 5.19. The first-order valence-electron chi connectivity index (χ1n) is 8.21. The third kappa shape index (κ3) is 3.08. The van der Waals surface area contributed by atoms with Crippen LogP contribution in [-0.2, 0) is 14.2 Å². The average molecular weight is 438 g/mol. The van der Waals surface area contributed by atoms with Crippen LogP contribution in [0.1, 0.15) is 46.5 Å². The van der Waals surface area contributed by atoms with Crippen LogP contribution in [0.5, 0.6) is 0 Å². The molecule has 3 heterocycles. The molecule has 0 N–H and O–H groups in total. The van der Waals surface area contributed by atoms with Gasteiger partial charge >= 0.3 is 0 Å². The van der Waals surface area contributed by atoms with Crippen molar-refractivity contribution in [2.75, 3.05) is 19.8 Å². The summed E-state index contributed by atoms with van der Waals surface area (Å²) in [5.74, 6) is 0.208. The van der Waals surface area contributed by atoms with Crippen molar-refractivity contribution >= 4 is 31.9 Å². The van der Waals surface area contributed by atoms with Gasteiger partial charge in [-0.25, -0.2) is 0 Å². The van der Waals surface area contributed by atoms with Gasteiger partial charge in [0.1, 0.15) is 0 Å². The molecule has 2 bridgehead atoms. The summed E-state index contributed by atoms with van der Waals surface area (Å²) >= 11 is 6.92. The highest BCUT2D eigenvalue weighted by Gasteiger charge is 2.59. The van der Waals surface area contributed by atoms with Gasteiger partial charge in [-0.1, -0.05) is 26.8 Å². The van der Waals surface area contributed by atoms with Gasteiger partial charge in [0, 0.05) is 11.3 Å². The molecule has 5 heteroatoms. The van der Waals surface area contributed by atoms with E-state index in [1.165, 1.54) is 0 Å². The van der Waals surface area contributed by atoms with Crippen molar-refractivity contribution < 1.29 is 14.2 Å². The molecular weight excluding hydrogens is 412 g/mol. The monoisotopic (exact) mass is 436 g/mol. The van der Waals surface area contributed by atoms with Crippen LogP contribution in [0.15, 0.2) is 9.47 Å². The lowest BCUT2D eigenvalue weighted by Gasteiger charge is -2.59. The quantitative estimate of drug-likeness (QED) is 0.595. The van der Waals surface area contributed by atoms with Crippen molar-refractivity contribution in [3.05, 3.63) is 9.47 Å². The number of hydrogen-bond acceptors (Lipinski definition) is 3. The van der Waals surface area contributed by atoms with Crippen LogP contribution in [0.25, 0.3) is 0 Å². The molecule has 0 unspecified atom stereocenters. The summed E-state index contributed by atoms with van der Waals surface area (Å²) < 4.78 is 19.6. The molecule has 1 saturated carbocycles. The smallest absolute Gasteiger partial charge is 0.285 e. The number of hydrogen-bond donors (Lipinski definition) is 0. The first-order chi connectivity index (χ1) is 10.3. The third-order valence-electron chi connectivity index (χ3n) is 5.87. The minimum atomic E-state index is -0.771. The summed E-state index contributed by atoms with van der Waals surface area (Å²) in [6.45, 7) is 9.00. The van der Waals surface area contributed by atoms with Crippen molar-refractivity contribution in [2.24, 2.45) is 22.7 Å². The highest BCUT2D eigenvalue weighted by molar-refractivity contribution is 9.28. The molecule has 0 spiro atoms. The van der Waals surface area contributed by atoms with Crippen LogP contribution < -0.4 is 0 Å². The zero-order valence-electron chi connectivity index (χ0n) is 13.7. The van der Waals surface area contributed by atoms with Gasteiger partial charge in [-0.15, -0.1) is 0 Å². The molecule has 1 aliphatic carbocycles. The molecule has 0 aromatic heterocycles. The van der Waals surface area contributed by atoms with E-state index in [0.29, 0.717) is 11.8 Å². The van der Waals surface area contributed by atoms with E-state index in [0.717, 1.165) is 48.9 Å². The zero-order chi connectivity index (χ0) is 16.0. The number of rotatable bonds is 2. The third-order valence-corrected chi connectivity index (χ3v) is 6.40. The first-order valence-corrected chi connectivity index (χ1v) is 9.80. The van der Waals surface area contributed by atoms with Gasteiger partial charge in [-0.3, -0.25) is 0 Å². The van der Waals surface area contributed by atoms with Crippen LogP contribution in [-0.4, -0.2) is 25.8 Å². The Kier molecular flexibility index (Phi) is 4.86. The maximum Gasteiger partial charge on any atom is 0.285 e. The van der Waals surface area contributed by atoms with Crippen molar-refractivity contribution in [2.45, 2.75) is 52.4 Å². The number of ether oxygens (including phenoxy) is 3. The van der Waals surface area contributed by atoms with Gasteiger partial charge in [-0.05, 0) is 68.9 Å². The molecule has 0 aromatic rings. The molecule has 126 valence electrons. The fraction of sp³-hybridized carbons (Fsp3) is 0.882. The minimum Gasteiger partial charge on any atom is -0.326 e. The molecule has 0 aromatic carbocycles. The number of halogens is 2. The molecule has 22 heavy (non-hydrogen) atoms. The molecule has 4 rings (SSSR count). The highest BCUT2D eigenvalue weighted by Crippen LogP contribution is 2.53. The summed E-state index contributed by atoms with van der Waals surface area (Å²) in [5.41, 5.74) is 0.125. The standard InChI is InChI=1S/C17H26Br2O3/c1-15(2,3)16-9-20-17(21-10-16,22-11-16)13-6-4-12(5-7-13)8-14(18)19/h8,12-13H,4-7,9-11H2,1-3H3. The Morgan fingerprint density at radius 2 is 1.45 bits per heavy atom. The maximum absolute atomic E-state index is 6.17. The molecule has 0 atom stereocenters. The van der Waals surface area contributed by atoms with Crippen LogP contribution >= 0.6 is 31.9 Å². The van der Waals surface area contributed by atoms with Gasteiger partial charge in [0.15, 0.2) is 0 Å². The second-order valence-electron chi connectivity index (χ2n) is 8.07. The van der Waals surface area contributed by atoms with Gasteiger partial charge < -0.3 is 14.2 Å². The zero-order valence-corrected chi connectivity index (χ0v) is 16.8. The second-order valence-corrected chi connectivity index (χ2v) is 10.8. The van der Waals surface area contributed by atoms with E-state index in [-0.39, 0.29) is 10.8 Å². The number of fused-ring (bicyclic) bond motifs is 3. The van der Waals surface area contributed by atoms with E-state index in [9.17, 15) is 0 Å². The SMILES string of the molecule is CC(C)(C)C12COC(C3CCC(C=C(Br)Br)CC3)(OC1)OC2. The van der Waals surface area contributed by atoms with E-state index in [1.807, 2.05) is 0 Å². The lowest BCUT2D eigenvalue weighted by Crippen LogP contribution is -2.66. The van der Waals surface area contributed by atoms with E-state index in [2.05, 4.69) is 58.7 Å². The predicted molar refractivity (Wildman–Crippen MR) is 93.9 cm³/mol. The van der Waals surface area contributed by atoms with Gasteiger partial charge in [0.2, 0.25) is 0 Å². The first kappa shape index (κ1) is 17.4. The van der Waals surface area contributed by atoms with Crippen molar-refractivity contribution in [1.29, 1.82) is 0 Å². The fourth-order valence-electron chi connectivity index (χ4n) is 3.79. The van der Waals surface area contributed by atoms with Crippen LogP contribution in [0.4, 0.5) is 0 Å². The molecule has 3 saturated heterocycles. The molecule has 0 amide bonds. The summed E-state index contributed by atoms with van der Waals surface area (Å²) in [5, 5.41) is 0. The van der Waals surface area contributed by atoms with Crippen molar-refractivity contribution in [3.8, 4) is 0 Å². The molecule has 0 radical (unpaired) electrons. The van der Waals surface area contributed by atoms with Crippen LogP contribution in [0.3, 0.4) is 0 Å². The number of allylic oxidation sites excluding steroid dienone is 1. The van der Waals surface area contributed by atoms with E-state index < -0.39 is 5.97 Å². The van der Waals surface area contributed by atoms with Crippen molar-refractivity contribution in [3.63, 3.8) is 0 Å². The highest BCUT2D eigenvalue weighted by atomic mass is 79.9. The topological polar surface area (TPSA) is 27.7 Å². The molecule has 3 aliphatic heterocycles. The van der Waals surface area contributed by atoms with E-state index >= 15 is 0 Å². The Bertz CT molecular complexity index is 419. The molecule has 4 aliphatic rings. The summed E-state index contributed by atoms with van der Waals surface area (Å²) in [4.78, 5) is 0. The van der Waals surface area contributed by atoms with Gasteiger partial charge in [-0.2, -0.15) is 0 Å². The minimum absolute atomic E-state index is 0.00445. The normalized spacial score (nSPS) is 42.2. The van der Waals surface area contributed by atoms with Crippen LogP contribution in [0, 0.1) is 22.7 Å². The van der Waals surface area contributed by atoms with Crippen LogP contribution in [0.2, 0.25) is 0 Å². The Labute approximate surface area is 150 Å². The lowest BCUT2D eigenvalue weighted by molar-refractivity contribution is -0.497. The second kappa shape index (κ2) is 6.14.